The number of nitrogens with one attached hydrogen (secondary N) is 3. The number of rotatable bonds is 8. The highest BCUT2D eigenvalue weighted by Crippen LogP contribution is 2.18. The van der Waals surface area contributed by atoms with Crippen LogP contribution in [0.15, 0.2) is 29.4 Å². The summed E-state index contributed by atoms with van der Waals surface area (Å²) in [7, 11) is 1.85. The van der Waals surface area contributed by atoms with Crippen LogP contribution in [0.2, 0.25) is 0 Å². The minimum absolute atomic E-state index is 0. The third-order valence-electron chi connectivity index (χ3n) is 4.78. The molecular weight excluding hydrogens is 439 g/mol. The summed E-state index contributed by atoms with van der Waals surface area (Å²) in [4.78, 5) is 11.2. The van der Waals surface area contributed by atoms with Gasteiger partial charge in [0.25, 0.3) is 0 Å². The molecular formula is C19H35IN6. The minimum atomic E-state index is 0. The van der Waals surface area contributed by atoms with Crippen LogP contribution in [0.3, 0.4) is 0 Å². The molecule has 1 aliphatic heterocycles. The Hall–Kier alpha value is -1.09. The number of nitrogens with zero attached hydrogens (tertiary/aromatic N) is 3. The van der Waals surface area contributed by atoms with Gasteiger partial charge in [0.2, 0.25) is 0 Å². The lowest BCUT2D eigenvalue weighted by atomic mass is 10.1. The van der Waals surface area contributed by atoms with Crippen LogP contribution in [0.5, 0.6) is 0 Å². The number of aromatic nitrogens is 1. The molecule has 1 saturated heterocycles. The van der Waals surface area contributed by atoms with Crippen molar-refractivity contribution in [3.05, 3.63) is 24.4 Å². The van der Waals surface area contributed by atoms with Gasteiger partial charge >= 0.3 is 0 Å². The van der Waals surface area contributed by atoms with Crippen molar-refractivity contribution in [3.8, 4) is 0 Å². The normalized spacial score (nSPS) is 20.7. The second kappa shape index (κ2) is 12.3. The maximum atomic E-state index is 4.37. The standard InChI is InChI=1S/C19H34N6.HI/c1-15(2)25-13-16(3)17(14-25)24-19(20-4)23-12-8-7-11-22-18-9-5-6-10-21-18;/h5-6,9-10,15-17H,7-8,11-14H2,1-4H3,(H,21,22)(H2,20,23,24);1H. The first kappa shape index (κ1) is 23.0. The van der Waals surface area contributed by atoms with Gasteiger partial charge in [0.1, 0.15) is 5.82 Å². The van der Waals surface area contributed by atoms with Crippen molar-refractivity contribution in [2.75, 3.05) is 38.5 Å². The molecule has 148 valence electrons. The van der Waals surface area contributed by atoms with Gasteiger partial charge in [0.15, 0.2) is 5.96 Å². The van der Waals surface area contributed by atoms with E-state index in [1.807, 2.05) is 31.4 Å². The van der Waals surface area contributed by atoms with Crippen molar-refractivity contribution in [1.29, 1.82) is 0 Å². The predicted molar refractivity (Wildman–Crippen MR) is 122 cm³/mol. The van der Waals surface area contributed by atoms with Gasteiger partial charge < -0.3 is 16.0 Å². The lowest BCUT2D eigenvalue weighted by Gasteiger charge is -2.22. The van der Waals surface area contributed by atoms with Crippen molar-refractivity contribution in [2.24, 2.45) is 10.9 Å². The SMILES string of the molecule is CN=C(NCCCCNc1ccccn1)NC1CN(C(C)C)CC1C.I. The molecule has 2 heterocycles. The molecule has 0 radical (unpaired) electrons. The highest BCUT2D eigenvalue weighted by Gasteiger charge is 2.31. The number of hydrogen-bond donors (Lipinski definition) is 3. The van der Waals surface area contributed by atoms with Gasteiger partial charge in [-0.05, 0) is 44.7 Å². The van der Waals surface area contributed by atoms with Crippen molar-refractivity contribution in [2.45, 2.75) is 45.7 Å². The first-order valence-electron chi connectivity index (χ1n) is 9.46. The van der Waals surface area contributed by atoms with Crippen molar-refractivity contribution >= 4 is 35.8 Å². The third kappa shape index (κ3) is 7.65. The molecule has 0 aromatic carbocycles. The van der Waals surface area contributed by atoms with Crippen molar-refractivity contribution in [1.82, 2.24) is 20.5 Å². The highest BCUT2D eigenvalue weighted by molar-refractivity contribution is 14.0. The van der Waals surface area contributed by atoms with Gasteiger partial charge in [0.05, 0.1) is 0 Å². The monoisotopic (exact) mass is 474 g/mol. The lowest BCUT2D eigenvalue weighted by molar-refractivity contribution is 0.265. The second-order valence-corrected chi connectivity index (χ2v) is 7.12. The Kier molecular flexibility index (Phi) is 10.9. The van der Waals surface area contributed by atoms with E-state index in [9.17, 15) is 0 Å². The van der Waals surface area contributed by atoms with E-state index in [2.05, 4.69) is 51.6 Å². The number of guanidine groups is 1. The Morgan fingerprint density at radius 3 is 2.65 bits per heavy atom. The molecule has 0 amide bonds. The molecule has 0 spiro atoms. The topological polar surface area (TPSA) is 64.6 Å². The zero-order chi connectivity index (χ0) is 18.1. The fraction of sp³-hybridized carbons (Fsp3) is 0.684. The van der Waals surface area contributed by atoms with Crippen LogP contribution in [-0.2, 0) is 0 Å². The molecule has 7 heteroatoms. The molecule has 2 rings (SSSR count). The molecule has 26 heavy (non-hydrogen) atoms. The van der Waals surface area contributed by atoms with Crippen LogP contribution in [0.1, 0.15) is 33.6 Å². The fourth-order valence-corrected chi connectivity index (χ4v) is 3.12. The summed E-state index contributed by atoms with van der Waals surface area (Å²) >= 11 is 0. The van der Waals surface area contributed by atoms with Crippen LogP contribution in [0.25, 0.3) is 0 Å². The number of likely N-dealkylation sites (tertiary alicyclic amines) is 1. The minimum Gasteiger partial charge on any atom is -0.370 e. The van der Waals surface area contributed by atoms with E-state index in [0.29, 0.717) is 18.0 Å². The number of halogens is 1. The van der Waals surface area contributed by atoms with Gasteiger partial charge in [-0.1, -0.05) is 13.0 Å². The number of pyridine rings is 1. The summed E-state index contributed by atoms with van der Waals surface area (Å²) in [6, 6.07) is 7.00. The van der Waals surface area contributed by atoms with E-state index >= 15 is 0 Å². The molecule has 0 bridgehead atoms. The van der Waals surface area contributed by atoms with E-state index in [0.717, 1.165) is 50.8 Å². The van der Waals surface area contributed by atoms with E-state index in [-0.39, 0.29) is 24.0 Å². The molecule has 3 N–H and O–H groups in total. The van der Waals surface area contributed by atoms with E-state index < -0.39 is 0 Å². The Labute approximate surface area is 175 Å². The lowest BCUT2D eigenvalue weighted by Crippen LogP contribution is -2.47. The van der Waals surface area contributed by atoms with E-state index in [1.54, 1.807) is 0 Å². The second-order valence-electron chi connectivity index (χ2n) is 7.12. The van der Waals surface area contributed by atoms with Gasteiger partial charge in [-0.25, -0.2) is 4.98 Å². The van der Waals surface area contributed by atoms with E-state index in [4.69, 9.17) is 0 Å². The predicted octanol–water partition coefficient (Wildman–Crippen LogP) is 2.79. The van der Waals surface area contributed by atoms with Gasteiger partial charge in [-0.15, -0.1) is 24.0 Å². The van der Waals surface area contributed by atoms with Gasteiger partial charge in [0, 0.05) is 51.5 Å². The summed E-state index contributed by atoms with van der Waals surface area (Å²) in [5, 5.41) is 10.4. The van der Waals surface area contributed by atoms with Crippen LogP contribution < -0.4 is 16.0 Å². The van der Waals surface area contributed by atoms with Gasteiger partial charge in [-0.2, -0.15) is 0 Å². The molecule has 1 fully saturated rings. The first-order chi connectivity index (χ1) is 12.1. The quantitative estimate of drug-likeness (QED) is 0.234. The highest BCUT2D eigenvalue weighted by atomic mass is 127. The Bertz CT molecular complexity index is 522. The molecule has 0 aliphatic carbocycles. The molecule has 6 nitrogen and oxygen atoms in total. The summed E-state index contributed by atoms with van der Waals surface area (Å²) in [6.45, 7) is 11.0. The zero-order valence-corrected chi connectivity index (χ0v) is 18.9. The molecule has 1 aliphatic rings. The smallest absolute Gasteiger partial charge is 0.191 e. The van der Waals surface area contributed by atoms with Crippen LogP contribution in [0, 0.1) is 5.92 Å². The Morgan fingerprint density at radius 2 is 2.04 bits per heavy atom. The number of unbranched alkanes of at least 4 members (excludes halogenated alkanes) is 1. The number of hydrogen-bond acceptors (Lipinski definition) is 4. The summed E-state index contributed by atoms with van der Waals surface area (Å²) in [5.41, 5.74) is 0. The maximum Gasteiger partial charge on any atom is 0.191 e. The summed E-state index contributed by atoms with van der Waals surface area (Å²) < 4.78 is 0. The molecule has 2 atom stereocenters. The average Bonchev–Trinajstić information content (AvgIpc) is 2.98. The molecule has 2 unspecified atom stereocenters. The summed E-state index contributed by atoms with van der Waals surface area (Å²) in [5.74, 6) is 2.50. The maximum absolute atomic E-state index is 4.37. The van der Waals surface area contributed by atoms with Crippen molar-refractivity contribution < 1.29 is 0 Å². The largest absolute Gasteiger partial charge is 0.370 e. The first-order valence-corrected chi connectivity index (χ1v) is 9.46. The Morgan fingerprint density at radius 1 is 1.27 bits per heavy atom. The van der Waals surface area contributed by atoms with E-state index in [1.165, 1.54) is 0 Å². The number of aliphatic imine (C=N–C) groups is 1. The average molecular weight is 474 g/mol. The molecule has 1 aromatic rings. The fourth-order valence-electron chi connectivity index (χ4n) is 3.12. The van der Waals surface area contributed by atoms with Crippen LogP contribution in [-0.4, -0.2) is 61.2 Å². The summed E-state index contributed by atoms with van der Waals surface area (Å²) in [6.07, 6.45) is 4.00. The van der Waals surface area contributed by atoms with Gasteiger partial charge in [-0.3, -0.25) is 9.89 Å². The van der Waals surface area contributed by atoms with Crippen LogP contribution in [0.4, 0.5) is 5.82 Å². The zero-order valence-electron chi connectivity index (χ0n) is 16.5. The molecule has 0 saturated carbocycles. The molecule has 1 aromatic heterocycles. The number of anilines is 1. The third-order valence-corrected chi connectivity index (χ3v) is 4.78. The van der Waals surface area contributed by atoms with Crippen LogP contribution >= 0.6 is 24.0 Å². The Balaban J connectivity index is 0.00000338. The van der Waals surface area contributed by atoms with Crippen molar-refractivity contribution in [3.63, 3.8) is 0 Å².